The molecule has 112 valence electrons. The summed E-state index contributed by atoms with van der Waals surface area (Å²) in [6.45, 7) is 5.48. The third kappa shape index (κ3) is 2.88. The van der Waals surface area contributed by atoms with Crippen LogP contribution in [0.25, 0.3) is 0 Å². The third-order valence-corrected chi connectivity index (χ3v) is 4.00. The molecule has 1 amide bonds. The SMILES string of the molecule is CCOC1CC(N)(C(=O)NCC(O)C(F)F)C1(C)C. The molecule has 0 aromatic carbocycles. The zero-order chi connectivity index (χ0) is 14.8. The van der Waals surface area contributed by atoms with Crippen molar-refractivity contribution < 1.29 is 23.4 Å². The molecule has 1 aliphatic rings. The molecule has 0 saturated heterocycles. The number of hydrogen-bond acceptors (Lipinski definition) is 4. The Balaban J connectivity index is 2.58. The van der Waals surface area contributed by atoms with Gasteiger partial charge in [0, 0.05) is 25.0 Å². The number of carbonyl (C=O) groups is 1. The summed E-state index contributed by atoms with van der Waals surface area (Å²) in [6.07, 6.45) is -4.56. The predicted octanol–water partition coefficient (Wildman–Crippen LogP) is 0.261. The number of alkyl halides is 2. The Kier molecular flexibility index (Phi) is 4.86. The molecule has 0 heterocycles. The largest absolute Gasteiger partial charge is 0.385 e. The Morgan fingerprint density at radius 2 is 2.16 bits per heavy atom. The highest BCUT2D eigenvalue weighted by molar-refractivity contribution is 5.88. The summed E-state index contributed by atoms with van der Waals surface area (Å²) in [5.41, 5.74) is 4.31. The highest BCUT2D eigenvalue weighted by Crippen LogP contribution is 2.49. The number of carbonyl (C=O) groups excluding carboxylic acids is 1. The van der Waals surface area contributed by atoms with Crippen molar-refractivity contribution in [3.05, 3.63) is 0 Å². The molecule has 0 radical (unpaired) electrons. The zero-order valence-corrected chi connectivity index (χ0v) is 11.5. The molecular formula is C12H22F2N2O3. The molecule has 5 nitrogen and oxygen atoms in total. The van der Waals surface area contributed by atoms with Gasteiger partial charge in [-0.25, -0.2) is 8.78 Å². The molecule has 0 bridgehead atoms. The second-order valence-electron chi connectivity index (χ2n) is 5.45. The molecule has 3 atom stereocenters. The van der Waals surface area contributed by atoms with Crippen LogP contribution in [-0.2, 0) is 9.53 Å². The minimum atomic E-state index is -2.89. The Hall–Kier alpha value is -0.790. The summed E-state index contributed by atoms with van der Waals surface area (Å²) in [7, 11) is 0. The lowest BCUT2D eigenvalue weighted by atomic mass is 9.54. The van der Waals surface area contributed by atoms with Gasteiger partial charge in [0.25, 0.3) is 6.43 Å². The Labute approximate surface area is 111 Å². The van der Waals surface area contributed by atoms with E-state index in [0.717, 1.165) is 0 Å². The van der Waals surface area contributed by atoms with Crippen LogP contribution >= 0.6 is 0 Å². The summed E-state index contributed by atoms with van der Waals surface area (Å²) in [5.74, 6) is -0.534. The highest BCUT2D eigenvalue weighted by atomic mass is 19.3. The van der Waals surface area contributed by atoms with Gasteiger partial charge >= 0.3 is 0 Å². The molecule has 4 N–H and O–H groups in total. The van der Waals surface area contributed by atoms with Gasteiger partial charge in [-0.15, -0.1) is 0 Å². The molecule has 0 aliphatic heterocycles. The summed E-state index contributed by atoms with van der Waals surface area (Å²) in [4.78, 5) is 12.0. The van der Waals surface area contributed by atoms with Gasteiger partial charge in [0.05, 0.1) is 6.10 Å². The summed E-state index contributed by atoms with van der Waals surface area (Å²) >= 11 is 0. The van der Waals surface area contributed by atoms with E-state index in [1.807, 2.05) is 6.92 Å². The maximum Gasteiger partial charge on any atom is 0.265 e. The monoisotopic (exact) mass is 280 g/mol. The van der Waals surface area contributed by atoms with Crippen LogP contribution in [-0.4, -0.2) is 48.3 Å². The molecule has 1 rings (SSSR count). The average Bonchev–Trinajstić information content (AvgIpc) is 2.34. The molecule has 0 spiro atoms. The van der Waals surface area contributed by atoms with Crippen molar-refractivity contribution in [2.75, 3.05) is 13.2 Å². The lowest BCUT2D eigenvalue weighted by Gasteiger charge is -2.57. The Morgan fingerprint density at radius 1 is 1.58 bits per heavy atom. The van der Waals surface area contributed by atoms with E-state index in [1.165, 1.54) is 0 Å². The van der Waals surface area contributed by atoms with Crippen LogP contribution in [0.15, 0.2) is 0 Å². The summed E-state index contributed by atoms with van der Waals surface area (Å²) in [5, 5.41) is 11.2. The maximum atomic E-state index is 12.1. The van der Waals surface area contributed by atoms with Gasteiger partial charge in [-0.05, 0) is 6.92 Å². The number of ether oxygens (including phenoxy) is 1. The first kappa shape index (κ1) is 16.3. The number of nitrogens with two attached hydrogens (primary N) is 1. The lowest BCUT2D eigenvalue weighted by Crippen LogP contribution is -2.76. The first-order valence-corrected chi connectivity index (χ1v) is 6.31. The number of nitrogens with one attached hydrogen (secondary N) is 1. The number of halogens is 2. The summed E-state index contributed by atoms with van der Waals surface area (Å²) in [6, 6.07) is 0. The molecule has 1 saturated carbocycles. The van der Waals surface area contributed by atoms with E-state index in [4.69, 9.17) is 15.6 Å². The van der Waals surface area contributed by atoms with E-state index < -0.39 is 35.9 Å². The molecule has 0 aromatic rings. The van der Waals surface area contributed by atoms with Crippen LogP contribution in [0.3, 0.4) is 0 Å². The molecule has 1 aliphatic carbocycles. The van der Waals surface area contributed by atoms with Crippen molar-refractivity contribution in [3.63, 3.8) is 0 Å². The molecular weight excluding hydrogens is 258 g/mol. The molecule has 7 heteroatoms. The van der Waals surface area contributed by atoms with Gasteiger partial charge < -0.3 is 20.9 Å². The van der Waals surface area contributed by atoms with E-state index in [-0.39, 0.29) is 6.10 Å². The van der Waals surface area contributed by atoms with Gasteiger partial charge in [0.2, 0.25) is 5.91 Å². The van der Waals surface area contributed by atoms with Crippen molar-refractivity contribution in [2.24, 2.45) is 11.1 Å². The van der Waals surface area contributed by atoms with E-state index in [0.29, 0.717) is 13.0 Å². The highest BCUT2D eigenvalue weighted by Gasteiger charge is 2.62. The summed E-state index contributed by atoms with van der Waals surface area (Å²) < 4.78 is 29.7. The van der Waals surface area contributed by atoms with Crippen LogP contribution in [0.1, 0.15) is 27.2 Å². The molecule has 1 fully saturated rings. The van der Waals surface area contributed by atoms with Crippen LogP contribution in [0.2, 0.25) is 0 Å². The molecule has 19 heavy (non-hydrogen) atoms. The van der Waals surface area contributed by atoms with Crippen LogP contribution in [0.5, 0.6) is 0 Å². The van der Waals surface area contributed by atoms with E-state index in [2.05, 4.69) is 5.32 Å². The van der Waals surface area contributed by atoms with E-state index in [1.54, 1.807) is 13.8 Å². The Bertz CT molecular complexity index is 339. The predicted molar refractivity (Wildman–Crippen MR) is 65.8 cm³/mol. The lowest BCUT2D eigenvalue weighted by molar-refractivity contribution is -0.171. The number of amides is 1. The maximum absolute atomic E-state index is 12.1. The zero-order valence-electron chi connectivity index (χ0n) is 11.5. The fourth-order valence-electron chi connectivity index (χ4n) is 2.26. The van der Waals surface area contributed by atoms with Crippen LogP contribution < -0.4 is 11.1 Å². The number of aliphatic hydroxyl groups excluding tert-OH is 1. The third-order valence-electron chi connectivity index (χ3n) is 4.00. The normalized spacial score (nSPS) is 30.8. The van der Waals surface area contributed by atoms with Gasteiger partial charge in [-0.1, -0.05) is 13.8 Å². The molecule has 0 aromatic heterocycles. The average molecular weight is 280 g/mol. The first-order chi connectivity index (χ1) is 8.66. The fourth-order valence-corrected chi connectivity index (χ4v) is 2.26. The topological polar surface area (TPSA) is 84.6 Å². The van der Waals surface area contributed by atoms with Crippen molar-refractivity contribution in [2.45, 2.75) is 51.4 Å². The number of aliphatic hydroxyl groups is 1. The Morgan fingerprint density at radius 3 is 2.58 bits per heavy atom. The first-order valence-electron chi connectivity index (χ1n) is 6.31. The van der Waals surface area contributed by atoms with Crippen molar-refractivity contribution in [3.8, 4) is 0 Å². The fraction of sp³-hybridized carbons (Fsp3) is 0.917. The quantitative estimate of drug-likeness (QED) is 0.651. The van der Waals surface area contributed by atoms with Crippen LogP contribution in [0.4, 0.5) is 8.78 Å². The second-order valence-corrected chi connectivity index (χ2v) is 5.45. The number of rotatable bonds is 6. The van der Waals surface area contributed by atoms with Gasteiger partial charge in [0.15, 0.2) is 0 Å². The van der Waals surface area contributed by atoms with E-state index in [9.17, 15) is 13.6 Å². The minimum Gasteiger partial charge on any atom is -0.385 e. The standard InChI is InChI=1S/C12H22F2N2O3/c1-4-19-8-5-12(15,11(8,2)3)10(18)16-6-7(17)9(13)14/h7-9,17H,4-6,15H2,1-3H3,(H,16,18). The van der Waals surface area contributed by atoms with E-state index >= 15 is 0 Å². The number of hydrogen-bond donors (Lipinski definition) is 3. The second kappa shape index (κ2) is 5.68. The minimum absolute atomic E-state index is 0.131. The molecule has 3 unspecified atom stereocenters. The van der Waals surface area contributed by atoms with Gasteiger partial charge in [0.1, 0.15) is 11.6 Å². The van der Waals surface area contributed by atoms with Crippen molar-refractivity contribution in [1.29, 1.82) is 0 Å². The van der Waals surface area contributed by atoms with Crippen molar-refractivity contribution in [1.82, 2.24) is 5.32 Å². The van der Waals surface area contributed by atoms with Crippen LogP contribution in [0, 0.1) is 5.41 Å². The van der Waals surface area contributed by atoms with Crippen molar-refractivity contribution >= 4 is 5.91 Å². The smallest absolute Gasteiger partial charge is 0.265 e. The van der Waals surface area contributed by atoms with Gasteiger partial charge in [-0.3, -0.25) is 4.79 Å². The van der Waals surface area contributed by atoms with Gasteiger partial charge in [-0.2, -0.15) is 0 Å².